The van der Waals surface area contributed by atoms with Crippen molar-refractivity contribution < 1.29 is 14.1 Å². The quantitative estimate of drug-likeness (QED) is 0.642. The van der Waals surface area contributed by atoms with E-state index in [2.05, 4.69) is 42.1 Å². The van der Waals surface area contributed by atoms with Crippen LogP contribution in [0.3, 0.4) is 0 Å². The topological polar surface area (TPSA) is 34.2 Å². The van der Waals surface area contributed by atoms with Crippen LogP contribution in [-0.4, -0.2) is 41.0 Å². The molecule has 0 bridgehead atoms. The lowest BCUT2D eigenvalue weighted by Gasteiger charge is -2.05. The van der Waals surface area contributed by atoms with Gasteiger partial charge in [0.2, 0.25) is 0 Å². The number of rotatable bonds is 4. The van der Waals surface area contributed by atoms with Gasteiger partial charge in [0.1, 0.15) is 19.6 Å². The van der Waals surface area contributed by atoms with E-state index in [1.165, 1.54) is 29.4 Å². The fourth-order valence-corrected chi connectivity index (χ4v) is 3.08. The third kappa shape index (κ3) is 3.06. The van der Waals surface area contributed by atoms with Gasteiger partial charge in [-0.2, -0.15) is 0 Å². The van der Waals surface area contributed by atoms with Gasteiger partial charge in [-0.25, -0.2) is 4.58 Å². The Morgan fingerprint density at radius 1 is 1.36 bits per heavy atom. The van der Waals surface area contributed by atoms with Crippen molar-refractivity contribution in [2.24, 2.45) is 0 Å². The summed E-state index contributed by atoms with van der Waals surface area (Å²) in [5, 5.41) is 1.20. The molecule has 0 unspecified atom stereocenters. The van der Waals surface area contributed by atoms with Crippen molar-refractivity contribution in [1.82, 2.24) is 4.57 Å². The zero-order valence-electron chi connectivity index (χ0n) is 13.3. The zero-order valence-corrected chi connectivity index (χ0v) is 13.3. The summed E-state index contributed by atoms with van der Waals surface area (Å²) in [6, 6.07) is 6.41. The molecule has 2 aromatic rings. The van der Waals surface area contributed by atoms with Crippen LogP contribution in [0.15, 0.2) is 24.4 Å². The second kappa shape index (κ2) is 6.34. The summed E-state index contributed by atoms with van der Waals surface area (Å²) in [6.45, 7) is 6.84. The molecule has 22 heavy (non-hydrogen) atoms. The summed E-state index contributed by atoms with van der Waals surface area (Å²) >= 11 is 0. The van der Waals surface area contributed by atoms with E-state index in [4.69, 9.17) is 4.74 Å². The third-order valence-corrected chi connectivity index (χ3v) is 4.14. The van der Waals surface area contributed by atoms with Crippen LogP contribution < -0.4 is 0 Å². The number of aromatic nitrogens is 1. The Kier molecular flexibility index (Phi) is 4.27. The molecule has 4 nitrogen and oxygen atoms in total. The summed E-state index contributed by atoms with van der Waals surface area (Å²) in [5.74, 6) is -0.186. The number of hydrogen-bond acceptors (Lipinski definition) is 2. The highest BCUT2D eigenvalue weighted by Gasteiger charge is 2.16. The molecule has 0 atom stereocenters. The average Bonchev–Trinajstić information content (AvgIpc) is 3.09. The van der Waals surface area contributed by atoms with E-state index >= 15 is 0 Å². The number of aryl methyl sites for hydroxylation is 1. The van der Waals surface area contributed by atoms with Gasteiger partial charge in [0, 0.05) is 29.9 Å². The van der Waals surface area contributed by atoms with Gasteiger partial charge in [0.25, 0.3) is 0 Å². The fourth-order valence-electron chi connectivity index (χ4n) is 3.08. The minimum absolute atomic E-state index is 0.186. The van der Waals surface area contributed by atoms with Crippen LogP contribution in [0.4, 0.5) is 0 Å². The number of esters is 1. The zero-order chi connectivity index (χ0) is 15.5. The molecule has 0 aliphatic carbocycles. The van der Waals surface area contributed by atoms with Gasteiger partial charge in [-0.15, -0.1) is 0 Å². The number of carbonyl (C=O) groups is 1. The molecule has 0 spiro atoms. The van der Waals surface area contributed by atoms with Gasteiger partial charge in [0.15, 0.2) is 6.21 Å². The molecule has 4 heteroatoms. The minimum atomic E-state index is -0.186. The van der Waals surface area contributed by atoms with Crippen molar-refractivity contribution in [3.05, 3.63) is 35.5 Å². The number of carbonyl (C=O) groups excluding carboxylic acids is 1. The van der Waals surface area contributed by atoms with E-state index < -0.39 is 0 Å². The Bertz CT molecular complexity index is 720. The second-order valence-corrected chi connectivity index (χ2v) is 5.91. The van der Waals surface area contributed by atoms with Gasteiger partial charge in [-0.1, -0.05) is 12.1 Å². The van der Waals surface area contributed by atoms with Crippen molar-refractivity contribution in [3.63, 3.8) is 0 Å². The average molecular weight is 299 g/mol. The number of ether oxygens (including phenoxy) is 1. The lowest BCUT2D eigenvalue weighted by Crippen LogP contribution is -2.12. The largest absolute Gasteiger partial charge is 0.465 e. The predicted octanol–water partition coefficient (Wildman–Crippen LogP) is 2.74. The van der Waals surface area contributed by atoms with Crippen LogP contribution >= 0.6 is 0 Å². The molecule has 116 valence electrons. The Labute approximate surface area is 131 Å². The highest BCUT2D eigenvalue weighted by molar-refractivity contribution is 5.98. The highest BCUT2D eigenvalue weighted by atomic mass is 16.5. The van der Waals surface area contributed by atoms with E-state index in [0.29, 0.717) is 6.61 Å². The monoisotopic (exact) mass is 299 g/mol. The van der Waals surface area contributed by atoms with Crippen molar-refractivity contribution in [2.75, 3.05) is 19.7 Å². The van der Waals surface area contributed by atoms with Crippen LogP contribution in [-0.2, 0) is 16.1 Å². The molecule has 1 fully saturated rings. The molecule has 0 N–H and O–H groups in total. The minimum Gasteiger partial charge on any atom is -0.465 e. The first-order chi connectivity index (χ1) is 10.7. The first-order valence-electron chi connectivity index (χ1n) is 8.01. The van der Waals surface area contributed by atoms with Gasteiger partial charge < -0.3 is 9.30 Å². The van der Waals surface area contributed by atoms with Crippen molar-refractivity contribution in [3.8, 4) is 0 Å². The molecule has 2 heterocycles. The van der Waals surface area contributed by atoms with Crippen LogP contribution in [0.2, 0.25) is 0 Å². The molecule has 1 aliphatic rings. The maximum atomic E-state index is 11.8. The SMILES string of the molecule is CCOC(=O)Cn1cc(C=[N+]2CCCC2)c2ccc(C)cc21. The first-order valence-corrected chi connectivity index (χ1v) is 8.01. The molecule has 1 aromatic carbocycles. The van der Waals surface area contributed by atoms with Crippen LogP contribution in [0.25, 0.3) is 10.9 Å². The van der Waals surface area contributed by atoms with Crippen molar-refractivity contribution >= 4 is 23.1 Å². The maximum absolute atomic E-state index is 11.8. The van der Waals surface area contributed by atoms with Crippen LogP contribution in [0, 0.1) is 6.92 Å². The molecule has 1 aromatic heterocycles. The normalized spacial score (nSPS) is 14.5. The standard InChI is InChI=1S/C18H23N2O2/c1-3-22-18(21)13-20-12-15(11-19-8-4-5-9-19)16-7-6-14(2)10-17(16)20/h6-7,10-12H,3-5,8-9,13H2,1-2H3/q+1. The Hall–Kier alpha value is -2.10. The lowest BCUT2D eigenvalue weighted by molar-refractivity contribution is -0.500. The number of nitrogens with zero attached hydrogens (tertiary/aromatic N) is 2. The van der Waals surface area contributed by atoms with Crippen LogP contribution in [0.1, 0.15) is 30.9 Å². The van der Waals surface area contributed by atoms with Gasteiger partial charge in [-0.3, -0.25) is 4.79 Å². The summed E-state index contributed by atoms with van der Waals surface area (Å²) in [7, 11) is 0. The number of hydrogen-bond donors (Lipinski definition) is 0. The summed E-state index contributed by atoms with van der Waals surface area (Å²) in [4.78, 5) is 11.8. The fraction of sp³-hybridized carbons (Fsp3) is 0.444. The Balaban J connectivity index is 2.01. The van der Waals surface area contributed by atoms with Crippen molar-refractivity contribution in [2.45, 2.75) is 33.2 Å². The van der Waals surface area contributed by atoms with E-state index in [9.17, 15) is 4.79 Å². The van der Waals surface area contributed by atoms with Gasteiger partial charge in [0.05, 0.1) is 12.2 Å². The molecule has 0 amide bonds. The van der Waals surface area contributed by atoms with Gasteiger partial charge >= 0.3 is 5.97 Å². The molecular formula is C18H23N2O2+. The van der Waals surface area contributed by atoms with Crippen LogP contribution in [0.5, 0.6) is 0 Å². The molecule has 1 saturated heterocycles. The predicted molar refractivity (Wildman–Crippen MR) is 87.7 cm³/mol. The summed E-state index contributed by atoms with van der Waals surface area (Å²) in [6.07, 6.45) is 6.82. The van der Waals surface area contributed by atoms with Gasteiger partial charge in [-0.05, 0) is 25.5 Å². The molecule has 0 radical (unpaired) electrons. The lowest BCUT2D eigenvalue weighted by atomic mass is 10.1. The third-order valence-electron chi connectivity index (χ3n) is 4.14. The second-order valence-electron chi connectivity index (χ2n) is 5.91. The van der Waals surface area contributed by atoms with E-state index in [1.54, 1.807) is 0 Å². The summed E-state index contributed by atoms with van der Waals surface area (Å²) in [5.41, 5.74) is 3.48. The Morgan fingerprint density at radius 3 is 2.86 bits per heavy atom. The first kappa shape index (κ1) is 14.8. The molecule has 1 aliphatic heterocycles. The molecule has 0 saturated carbocycles. The van der Waals surface area contributed by atoms with E-state index in [1.807, 2.05) is 11.5 Å². The van der Waals surface area contributed by atoms with E-state index in [0.717, 1.165) is 18.6 Å². The maximum Gasteiger partial charge on any atom is 0.325 e. The molecule has 3 rings (SSSR count). The molecular weight excluding hydrogens is 276 g/mol. The smallest absolute Gasteiger partial charge is 0.325 e. The highest BCUT2D eigenvalue weighted by Crippen LogP contribution is 2.22. The number of fused-ring (bicyclic) bond motifs is 1. The Morgan fingerprint density at radius 2 is 2.14 bits per heavy atom. The van der Waals surface area contributed by atoms with E-state index in [-0.39, 0.29) is 12.5 Å². The summed E-state index contributed by atoms with van der Waals surface area (Å²) < 4.78 is 9.45. The van der Waals surface area contributed by atoms with Crippen molar-refractivity contribution in [1.29, 1.82) is 0 Å². The number of benzene rings is 1.